The number of hydrogen-bond donors (Lipinski definition) is 1. The van der Waals surface area contributed by atoms with Crippen molar-refractivity contribution in [2.24, 2.45) is 11.1 Å². The van der Waals surface area contributed by atoms with Crippen molar-refractivity contribution < 1.29 is 13.2 Å². The Morgan fingerprint density at radius 3 is 2.00 bits per heavy atom. The van der Waals surface area contributed by atoms with Gasteiger partial charge in [0.25, 0.3) is 0 Å². The van der Waals surface area contributed by atoms with Crippen molar-refractivity contribution in [1.82, 2.24) is 9.21 Å². The Labute approximate surface area is 107 Å². The molecule has 0 radical (unpaired) electrons. The van der Waals surface area contributed by atoms with Crippen LogP contribution in [0.2, 0.25) is 0 Å². The first-order chi connectivity index (χ1) is 8.28. The maximum atomic E-state index is 11.4. The average molecular weight is 273 g/mol. The van der Waals surface area contributed by atoms with Crippen LogP contribution in [0.4, 0.5) is 0 Å². The van der Waals surface area contributed by atoms with Crippen LogP contribution in [0.25, 0.3) is 0 Å². The molecule has 6 nitrogen and oxygen atoms in total. The summed E-state index contributed by atoms with van der Waals surface area (Å²) in [7, 11) is -3.06. The van der Waals surface area contributed by atoms with Crippen LogP contribution in [0.5, 0.6) is 0 Å². The minimum Gasteiger partial charge on any atom is -0.369 e. The van der Waals surface area contributed by atoms with Crippen LogP contribution in [-0.2, 0) is 14.8 Å². The summed E-state index contributed by atoms with van der Waals surface area (Å²) < 4.78 is 24.4. The number of piperazine rings is 1. The highest BCUT2D eigenvalue weighted by Gasteiger charge is 2.72. The number of nitrogens with zero attached hydrogens (tertiary/aromatic N) is 2. The van der Waals surface area contributed by atoms with E-state index in [1.54, 1.807) is 0 Å². The summed E-state index contributed by atoms with van der Waals surface area (Å²) in [5.74, 6) is -0.167. The van der Waals surface area contributed by atoms with Crippen molar-refractivity contribution in [3.8, 4) is 0 Å². The largest absolute Gasteiger partial charge is 0.369 e. The molecule has 3 aliphatic carbocycles. The van der Waals surface area contributed by atoms with E-state index < -0.39 is 10.0 Å². The molecule has 4 aliphatic rings. The first kappa shape index (κ1) is 12.4. The van der Waals surface area contributed by atoms with Gasteiger partial charge in [0.05, 0.1) is 11.7 Å². The summed E-state index contributed by atoms with van der Waals surface area (Å²) in [6, 6.07) is 0. The third kappa shape index (κ3) is 1.53. The summed E-state index contributed by atoms with van der Waals surface area (Å²) in [5.41, 5.74) is 5.32. The van der Waals surface area contributed by atoms with Gasteiger partial charge in [0.15, 0.2) is 0 Å². The molecule has 3 saturated carbocycles. The molecule has 18 heavy (non-hydrogen) atoms. The molecule has 0 aromatic heterocycles. The second-order valence-electron chi connectivity index (χ2n) is 6.05. The lowest BCUT2D eigenvalue weighted by Gasteiger charge is -2.73. The van der Waals surface area contributed by atoms with E-state index in [0.29, 0.717) is 13.1 Å². The third-order valence-corrected chi connectivity index (χ3v) is 6.21. The lowest BCUT2D eigenvalue weighted by atomic mass is 9.38. The van der Waals surface area contributed by atoms with Crippen LogP contribution < -0.4 is 5.73 Å². The number of sulfonamides is 1. The normalized spacial score (nSPS) is 40.9. The van der Waals surface area contributed by atoms with Crippen LogP contribution in [0.3, 0.4) is 0 Å². The maximum Gasteiger partial charge on any atom is 0.223 e. The van der Waals surface area contributed by atoms with Gasteiger partial charge in [0.1, 0.15) is 0 Å². The van der Waals surface area contributed by atoms with Gasteiger partial charge in [0.2, 0.25) is 15.9 Å². The van der Waals surface area contributed by atoms with Crippen molar-refractivity contribution >= 4 is 15.9 Å². The molecule has 102 valence electrons. The van der Waals surface area contributed by atoms with Crippen LogP contribution in [0, 0.1) is 5.41 Å². The molecule has 1 amide bonds. The van der Waals surface area contributed by atoms with Gasteiger partial charge < -0.3 is 5.73 Å². The zero-order valence-corrected chi connectivity index (χ0v) is 11.4. The van der Waals surface area contributed by atoms with Crippen LogP contribution in [-0.4, -0.2) is 61.5 Å². The van der Waals surface area contributed by atoms with E-state index in [9.17, 15) is 13.2 Å². The van der Waals surface area contributed by atoms with Gasteiger partial charge in [0, 0.05) is 31.7 Å². The van der Waals surface area contributed by atoms with Crippen molar-refractivity contribution in [1.29, 1.82) is 0 Å². The van der Waals surface area contributed by atoms with E-state index in [2.05, 4.69) is 4.90 Å². The lowest BCUT2D eigenvalue weighted by molar-refractivity contribution is -0.219. The first-order valence-electron chi connectivity index (χ1n) is 6.28. The van der Waals surface area contributed by atoms with Crippen molar-refractivity contribution in [3.05, 3.63) is 0 Å². The number of amides is 1. The number of carbonyl (C=O) groups is 1. The van der Waals surface area contributed by atoms with E-state index in [-0.39, 0.29) is 16.9 Å². The molecule has 4 rings (SSSR count). The summed E-state index contributed by atoms with van der Waals surface area (Å²) >= 11 is 0. The van der Waals surface area contributed by atoms with Gasteiger partial charge in [-0.3, -0.25) is 9.69 Å². The predicted molar refractivity (Wildman–Crippen MR) is 66.2 cm³/mol. The zero-order chi connectivity index (χ0) is 13.2. The molecule has 1 aliphatic heterocycles. The number of hydrogen-bond acceptors (Lipinski definition) is 4. The van der Waals surface area contributed by atoms with Crippen LogP contribution in [0.15, 0.2) is 0 Å². The molecule has 0 atom stereocenters. The Bertz CT molecular complexity index is 474. The monoisotopic (exact) mass is 273 g/mol. The van der Waals surface area contributed by atoms with Gasteiger partial charge >= 0.3 is 0 Å². The first-order valence-corrected chi connectivity index (χ1v) is 8.13. The SMILES string of the molecule is CS(=O)(=O)N1CCN(C23CC(C(N)=O)(C2)C3)CC1. The molecule has 1 heterocycles. The number of rotatable bonds is 3. The third-order valence-electron chi connectivity index (χ3n) is 4.90. The fourth-order valence-electron chi connectivity index (χ4n) is 3.83. The molecule has 4 fully saturated rings. The molecule has 2 N–H and O–H groups in total. The molecule has 0 aromatic carbocycles. The average Bonchev–Trinajstić information content (AvgIpc) is 2.12. The Morgan fingerprint density at radius 2 is 1.61 bits per heavy atom. The second kappa shape index (κ2) is 3.46. The highest BCUT2D eigenvalue weighted by molar-refractivity contribution is 7.88. The predicted octanol–water partition coefficient (Wildman–Crippen LogP) is -1.03. The van der Waals surface area contributed by atoms with Gasteiger partial charge in [-0.1, -0.05) is 0 Å². The topological polar surface area (TPSA) is 83.7 Å². The smallest absolute Gasteiger partial charge is 0.223 e. The van der Waals surface area contributed by atoms with Crippen molar-refractivity contribution in [3.63, 3.8) is 0 Å². The summed E-state index contributed by atoms with van der Waals surface area (Å²) in [6.07, 6.45) is 3.86. The quantitative estimate of drug-likeness (QED) is 0.713. The van der Waals surface area contributed by atoms with Gasteiger partial charge in [-0.25, -0.2) is 8.42 Å². The highest BCUT2D eigenvalue weighted by atomic mass is 32.2. The lowest BCUT2D eigenvalue weighted by Crippen LogP contribution is -2.79. The number of carbonyl (C=O) groups excluding carboxylic acids is 1. The highest BCUT2D eigenvalue weighted by Crippen LogP contribution is 2.69. The molecule has 7 heteroatoms. The molecule has 0 aromatic rings. The van der Waals surface area contributed by atoms with Crippen LogP contribution >= 0.6 is 0 Å². The van der Waals surface area contributed by atoms with E-state index in [1.165, 1.54) is 10.6 Å². The minimum atomic E-state index is -3.06. The molecule has 2 bridgehead atoms. The summed E-state index contributed by atoms with van der Waals surface area (Å²) in [4.78, 5) is 13.6. The Balaban J connectivity index is 1.59. The second-order valence-corrected chi connectivity index (χ2v) is 8.03. The minimum absolute atomic E-state index is 0.151. The van der Waals surface area contributed by atoms with Crippen LogP contribution in [0.1, 0.15) is 19.3 Å². The Hall–Kier alpha value is -0.660. The van der Waals surface area contributed by atoms with E-state index in [0.717, 1.165) is 32.4 Å². The molecular formula is C11H19N3O3S. The number of primary amides is 1. The fourth-order valence-corrected chi connectivity index (χ4v) is 4.65. The Kier molecular flexibility index (Phi) is 2.38. The Morgan fingerprint density at radius 1 is 1.11 bits per heavy atom. The van der Waals surface area contributed by atoms with Crippen molar-refractivity contribution in [2.45, 2.75) is 24.8 Å². The van der Waals surface area contributed by atoms with Gasteiger partial charge in [-0.15, -0.1) is 0 Å². The van der Waals surface area contributed by atoms with E-state index >= 15 is 0 Å². The maximum absolute atomic E-state index is 11.4. The van der Waals surface area contributed by atoms with Gasteiger partial charge in [-0.2, -0.15) is 4.31 Å². The van der Waals surface area contributed by atoms with E-state index in [4.69, 9.17) is 5.73 Å². The number of nitrogens with two attached hydrogens (primary N) is 1. The molecule has 1 saturated heterocycles. The fraction of sp³-hybridized carbons (Fsp3) is 0.909. The summed E-state index contributed by atoms with van der Waals surface area (Å²) in [5, 5.41) is 0. The van der Waals surface area contributed by atoms with E-state index in [1.807, 2.05) is 0 Å². The summed E-state index contributed by atoms with van der Waals surface area (Å²) in [6.45, 7) is 2.65. The zero-order valence-electron chi connectivity index (χ0n) is 10.6. The van der Waals surface area contributed by atoms with Gasteiger partial charge in [-0.05, 0) is 19.3 Å². The molecule has 0 unspecified atom stereocenters. The molecule has 0 spiro atoms. The van der Waals surface area contributed by atoms with Crippen molar-refractivity contribution in [2.75, 3.05) is 32.4 Å². The standard InChI is InChI=1S/C11H19N3O3S/c1-18(16,17)14-4-2-13(3-5-14)11-6-10(7-11,8-11)9(12)15/h2-8H2,1H3,(H2,12,15). The molecular weight excluding hydrogens is 254 g/mol.